The number of ether oxygens (including phenoxy) is 1. The fourth-order valence-electron chi connectivity index (χ4n) is 10.9. The third kappa shape index (κ3) is 7.38. The highest BCUT2D eigenvalue weighted by Gasteiger charge is 2.46. The maximum absolute atomic E-state index is 6.24. The van der Waals surface area contributed by atoms with Gasteiger partial charge in [-0.2, -0.15) is 0 Å². The molecule has 0 saturated heterocycles. The molecule has 11 rings (SSSR count). The topological polar surface area (TPSA) is 17.4 Å². The van der Waals surface area contributed by atoms with E-state index >= 15 is 0 Å². The van der Waals surface area contributed by atoms with Crippen molar-refractivity contribution < 1.29 is 4.74 Å². The number of rotatable bonds is 6. The van der Waals surface area contributed by atoms with Crippen molar-refractivity contribution >= 4 is 34.7 Å². The first-order chi connectivity index (χ1) is 30.9. The first-order valence-corrected chi connectivity index (χ1v) is 23.2. The molecule has 2 heterocycles. The predicted octanol–water partition coefficient (Wildman–Crippen LogP) is 15.9. The van der Waals surface area contributed by atoms with E-state index in [4.69, 9.17) is 4.74 Å². The molecule has 1 aromatic heterocycles. The Hall–Kier alpha value is -6.58. The van der Waals surface area contributed by atoms with Crippen LogP contribution in [0.2, 0.25) is 0 Å². The van der Waals surface area contributed by atoms with E-state index in [0.29, 0.717) is 11.7 Å². The van der Waals surface area contributed by atoms with Crippen LogP contribution in [0.3, 0.4) is 0 Å². The molecule has 6 aliphatic rings. The van der Waals surface area contributed by atoms with E-state index in [1.807, 2.05) is 26.0 Å². The van der Waals surface area contributed by atoms with Crippen LogP contribution in [-0.4, -0.2) is 4.57 Å². The largest absolute Gasteiger partial charge is 0.458 e. The van der Waals surface area contributed by atoms with Gasteiger partial charge in [0, 0.05) is 34.9 Å². The molecule has 314 valence electrons. The number of nitrogens with zero attached hydrogens (tertiary/aromatic N) is 2. The summed E-state index contributed by atoms with van der Waals surface area (Å²) >= 11 is 0. The standard InChI is InChI=1S/C58H52N2O.C2H6/c1-39-22-35-56-52(36-44-18-10-13-21-57(44)61-39)51-19-11-12-20-55(51)60(56)47-30-28-46(29-31-47)59(45-26-23-42(24-27-45)40-14-6-4-7-15-40)48-32-34-50-49-33-25-43(41-16-8-5-9-17-41)37-53(49)58(2,3)54(50)38-48;1-2/h5-6,8-11,13-19,21-24,26-32,34-35,37,54H,1,4,7,12,20,25,33,36,38H2,2-3H3;1-2H3/b35-22-;. The average molecular weight is 823 g/mol. The number of fused-ring (bicyclic) bond motifs is 6. The van der Waals surface area contributed by atoms with Gasteiger partial charge in [0.15, 0.2) is 0 Å². The van der Waals surface area contributed by atoms with Gasteiger partial charge in [-0.25, -0.2) is 0 Å². The number of allylic oxidation sites excluding steroid dienone is 14. The van der Waals surface area contributed by atoms with Gasteiger partial charge < -0.3 is 14.2 Å². The number of anilines is 2. The van der Waals surface area contributed by atoms with Crippen LogP contribution in [0.4, 0.5) is 11.4 Å². The summed E-state index contributed by atoms with van der Waals surface area (Å²) in [5.41, 5.74) is 21.3. The molecule has 63 heavy (non-hydrogen) atoms. The Balaban J connectivity index is 0.00000232. The molecule has 1 aliphatic heterocycles. The number of benzene rings is 4. The van der Waals surface area contributed by atoms with E-state index in [-0.39, 0.29) is 5.41 Å². The van der Waals surface area contributed by atoms with Crippen molar-refractivity contribution in [2.24, 2.45) is 11.3 Å². The number of para-hydroxylation sites is 1. The lowest BCUT2D eigenvalue weighted by Crippen LogP contribution is -2.28. The maximum Gasteiger partial charge on any atom is 0.130 e. The number of aromatic nitrogens is 1. The highest BCUT2D eigenvalue weighted by Crippen LogP contribution is 2.58. The molecule has 0 saturated carbocycles. The number of hydrogen-bond donors (Lipinski definition) is 0. The molecule has 0 amide bonds. The Morgan fingerprint density at radius 2 is 1.46 bits per heavy atom. The van der Waals surface area contributed by atoms with E-state index in [9.17, 15) is 0 Å². The summed E-state index contributed by atoms with van der Waals surface area (Å²) in [4.78, 5) is 2.52. The van der Waals surface area contributed by atoms with E-state index in [1.54, 1.807) is 5.57 Å². The van der Waals surface area contributed by atoms with Crippen LogP contribution in [0.25, 0.3) is 29.0 Å². The zero-order valence-electron chi connectivity index (χ0n) is 37.3. The highest BCUT2D eigenvalue weighted by molar-refractivity contribution is 5.79. The van der Waals surface area contributed by atoms with Crippen molar-refractivity contribution in [3.05, 3.63) is 226 Å². The van der Waals surface area contributed by atoms with Crippen molar-refractivity contribution in [3.63, 3.8) is 0 Å². The van der Waals surface area contributed by atoms with Crippen molar-refractivity contribution in [3.8, 4) is 11.4 Å². The minimum absolute atomic E-state index is 0.0161. The van der Waals surface area contributed by atoms with Crippen LogP contribution in [0, 0.1) is 11.3 Å². The SMILES string of the molecule is C=C1/C=C\c2c(c3c(n2-c2ccc(N(C4=CC=C5C6=C(C=C(c7ccccc7)CC6)C(C)(C)C5C4)c4ccc(C5=CCCC=C5)cc4)cc2)CCC=C3)Cc2ccccc2O1.CC. The zero-order chi connectivity index (χ0) is 43.1. The molecule has 1 unspecified atom stereocenters. The highest BCUT2D eigenvalue weighted by atomic mass is 16.5. The van der Waals surface area contributed by atoms with Gasteiger partial charge in [-0.3, -0.25) is 0 Å². The number of hydrogen-bond acceptors (Lipinski definition) is 2. The summed E-state index contributed by atoms with van der Waals surface area (Å²) in [5, 5.41) is 0. The molecule has 3 nitrogen and oxygen atoms in total. The summed E-state index contributed by atoms with van der Waals surface area (Å²) in [6.45, 7) is 13.2. The van der Waals surface area contributed by atoms with Gasteiger partial charge in [-0.1, -0.05) is 137 Å². The molecule has 4 aromatic carbocycles. The van der Waals surface area contributed by atoms with Crippen LogP contribution in [0.5, 0.6) is 5.75 Å². The Kier molecular flexibility index (Phi) is 10.9. The summed E-state index contributed by atoms with van der Waals surface area (Å²) in [5.74, 6) is 1.92. The van der Waals surface area contributed by atoms with E-state index in [1.165, 1.54) is 84.3 Å². The summed E-state index contributed by atoms with van der Waals surface area (Å²) < 4.78 is 8.73. The van der Waals surface area contributed by atoms with Crippen LogP contribution >= 0.6 is 0 Å². The second kappa shape index (κ2) is 16.9. The lowest BCUT2D eigenvalue weighted by atomic mass is 9.72. The van der Waals surface area contributed by atoms with Crippen LogP contribution in [0.15, 0.2) is 186 Å². The lowest BCUT2D eigenvalue weighted by Gasteiger charge is -2.37. The van der Waals surface area contributed by atoms with Crippen molar-refractivity contribution in [1.82, 2.24) is 4.57 Å². The fraction of sp³-hybridized carbons (Fsp3) is 0.233. The van der Waals surface area contributed by atoms with Crippen molar-refractivity contribution in [1.29, 1.82) is 0 Å². The molecular weight excluding hydrogens is 765 g/mol. The smallest absolute Gasteiger partial charge is 0.130 e. The molecule has 0 fully saturated rings. The average Bonchev–Trinajstić information content (AvgIpc) is 3.79. The van der Waals surface area contributed by atoms with E-state index < -0.39 is 0 Å². The first kappa shape index (κ1) is 40.5. The Bertz CT molecular complexity index is 2840. The van der Waals surface area contributed by atoms with Gasteiger partial charge in [0.05, 0.1) is 5.69 Å². The lowest BCUT2D eigenvalue weighted by molar-refractivity contribution is 0.330. The maximum atomic E-state index is 6.24. The molecule has 0 spiro atoms. The predicted molar refractivity (Wildman–Crippen MR) is 266 cm³/mol. The van der Waals surface area contributed by atoms with Crippen LogP contribution in [0.1, 0.15) is 105 Å². The van der Waals surface area contributed by atoms with Crippen molar-refractivity contribution in [2.75, 3.05) is 4.90 Å². The second-order valence-corrected chi connectivity index (χ2v) is 17.9. The minimum atomic E-state index is 0.0161. The van der Waals surface area contributed by atoms with E-state index in [0.717, 1.165) is 57.1 Å². The third-order valence-electron chi connectivity index (χ3n) is 14.0. The Morgan fingerprint density at radius 1 is 0.714 bits per heavy atom. The molecule has 5 aromatic rings. The molecule has 1 atom stereocenters. The zero-order valence-corrected chi connectivity index (χ0v) is 37.3. The van der Waals surface area contributed by atoms with Crippen LogP contribution < -0.4 is 9.64 Å². The molecule has 0 bridgehead atoms. The molecule has 3 heteroatoms. The Morgan fingerprint density at radius 3 is 2.24 bits per heavy atom. The van der Waals surface area contributed by atoms with Gasteiger partial charge in [0.2, 0.25) is 0 Å². The minimum Gasteiger partial charge on any atom is -0.458 e. The van der Waals surface area contributed by atoms with Gasteiger partial charge in [0.25, 0.3) is 0 Å². The van der Waals surface area contributed by atoms with Gasteiger partial charge >= 0.3 is 0 Å². The monoisotopic (exact) mass is 822 g/mol. The molecule has 5 aliphatic carbocycles. The first-order valence-electron chi connectivity index (χ1n) is 23.2. The fourth-order valence-corrected chi connectivity index (χ4v) is 10.9. The molecule has 0 radical (unpaired) electrons. The van der Waals surface area contributed by atoms with Gasteiger partial charge in [-0.15, -0.1) is 0 Å². The van der Waals surface area contributed by atoms with Gasteiger partial charge in [0.1, 0.15) is 11.5 Å². The summed E-state index contributed by atoms with van der Waals surface area (Å²) in [6, 6.07) is 37.9. The Labute approximate surface area is 374 Å². The molecular formula is C60H58N2O. The summed E-state index contributed by atoms with van der Waals surface area (Å²) in [7, 11) is 0. The van der Waals surface area contributed by atoms with E-state index in [2.05, 4.69) is 182 Å². The third-order valence-corrected chi connectivity index (χ3v) is 14.0. The summed E-state index contributed by atoms with van der Waals surface area (Å²) in [6.07, 6.45) is 31.4. The van der Waals surface area contributed by atoms with Crippen molar-refractivity contribution in [2.45, 2.75) is 79.1 Å². The normalized spacial score (nSPS) is 19.7. The van der Waals surface area contributed by atoms with Crippen LogP contribution in [-0.2, 0) is 12.8 Å². The quantitative estimate of drug-likeness (QED) is 0.170. The molecule has 0 N–H and O–H groups in total. The van der Waals surface area contributed by atoms with Gasteiger partial charge in [-0.05, 0) is 173 Å². The second-order valence-electron chi connectivity index (χ2n) is 17.9.